The van der Waals surface area contributed by atoms with Gasteiger partial charge in [0.15, 0.2) is 0 Å². The maximum atomic E-state index is 14.2. The summed E-state index contributed by atoms with van der Waals surface area (Å²) in [5.74, 6) is -0.217. The fourth-order valence-electron chi connectivity index (χ4n) is 2.57. The summed E-state index contributed by atoms with van der Waals surface area (Å²) in [5, 5.41) is 0. The van der Waals surface area contributed by atoms with E-state index in [1.165, 1.54) is 0 Å². The third-order valence-electron chi connectivity index (χ3n) is 3.56. The molecule has 0 heterocycles. The molecule has 0 radical (unpaired) electrons. The van der Waals surface area contributed by atoms with Crippen LogP contribution in [0.25, 0.3) is 0 Å². The predicted molar refractivity (Wildman–Crippen MR) is 77.8 cm³/mol. The van der Waals surface area contributed by atoms with Crippen molar-refractivity contribution in [3.63, 3.8) is 0 Å². The molecule has 19 heavy (non-hydrogen) atoms. The maximum absolute atomic E-state index is 14.2. The van der Waals surface area contributed by atoms with E-state index in [0.717, 1.165) is 27.8 Å². The summed E-state index contributed by atoms with van der Waals surface area (Å²) in [6.45, 7) is 7.84. The number of benzene rings is 2. The van der Waals surface area contributed by atoms with E-state index in [1.807, 2.05) is 52.0 Å². The van der Waals surface area contributed by atoms with Gasteiger partial charge in [-0.1, -0.05) is 29.8 Å². The van der Waals surface area contributed by atoms with Crippen molar-refractivity contribution in [2.45, 2.75) is 33.7 Å². The first-order valence-corrected chi connectivity index (χ1v) is 6.49. The smallest absolute Gasteiger partial charge is 0.128 e. The van der Waals surface area contributed by atoms with Crippen molar-refractivity contribution in [1.29, 1.82) is 0 Å². The topological polar surface area (TPSA) is 26.0 Å². The van der Waals surface area contributed by atoms with Gasteiger partial charge in [0.25, 0.3) is 0 Å². The molecule has 0 aliphatic heterocycles. The summed E-state index contributed by atoms with van der Waals surface area (Å²) < 4.78 is 14.2. The van der Waals surface area contributed by atoms with Crippen LogP contribution >= 0.6 is 0 Å². The monoisotopic (exact) mass is 257 g/mol. The molecule has 0 aliphatic rings. The minimum absolute atomic E-state index is 0.217. The Kier molecular flexibility index (Phi) is 3.72. The third kappa shape index (κ3) is 2.69. The van der Waals surface area contributed by atoms with Gasteiger partial charge in [-0.3, -0.25) is 0 Å². The van der Waals surface area contributed by atoms with Crippen LogP contribution in [-0.2, 0) is 0 Å². The van der Waals surface area contributed by atoms with Gasteiger partial charge in [0.05, 0.1) is 6.04 Å². The minimum atomic E-state index is -0.416. The van der Waals surface area contributed by atoms with Crippen LogP contribution < -0.4 is 5.73 Å². The summed E-state index contributed by atoms with van der Waals surface area (Å²) in [5.41, 5.74) is 12.0. The second-order valence-corrected chi connectivity index (χ2v) is 5.32. The first-order chi connectivity index (χ1) is 8.90. The number of nitrogens with two attached hydrogens (primary N) is 1. The third-order valence-corrected chi connectivity index (χ3v) is 3.56. The molecule has 0 saturated carbocycles. The molecule has 0 spiro atoms. The van der Waals surface area contributed by atoms with E-state index in [2.05, 4.69) is 0 Å². The largest absolute Gasteiger partial charge is 0.320 e. The zero-order valence-electron chi connectivity index (χ0n) is 11.9. The molecule has 1 unspecified atom stereocenters. The van der Waals surface area contributed by atoms with Crippen LogP contribution in [0.3, 0.4) is 0 Å². The lowest BCUT2D eigenvalue weighted by atomic mass is 9.90. The lowest BCUT2D eigenvalue weighted by molar-refractivity contribution is 0.595. The van der Waals surface area contributed by atoms with Crippen LogP contribution in [-0.4, -0.2) is 0 Å². The van der Waals surface area contributed by atoms with Crippen molar-refractivity contribution in [3.05, 3.63) is 69.5 Å². The molecule has 1 atom stereocenters. The van der Waals surface area contributed by atoms with E-state index in [1.54, 1.807) is 6.07 Å². The van der Waals surface area contributed by atoms with Crippen LogP contribution in [0.1, 0.15) is 39.4 Å². The molecule has 0 saturated heterocycles. The van der Waals surface area contributed by atoms with E-state index in [-0.39, 0.29) is 5.82 Å². The second kappa shape index (κ2) is 5.14. The normalized spacial score (nSPS) is 12.5. The summed E-state index contributed by atoms with van der Waals surface area (Å²) >= 11 is 0. The second-order valence-electron chi connectivity index (χ2n) is 5.32. The Morgan fingerprint density at radius 1 is 0.895 bits per heavy atom. The van der Waals surface area contributed by atoms with Gasteiger partial charge < -0.3 is 5.73 Å². The summed E-state index contributed by atoms with van der Waals surface area (Å²) in [6.07, 6.45) is 0. The molecular formula is C17H20FN. The predicted octanol–water partition coefficient (Wildman–Crippen LogP) is 4.11. The standard InChI is InChI=1S/C17H20FN/c1-10-5-6-12(3)14(8-10)17(19)16-13(4)7-11(2)9-15(16)18/h5-9,17H,19H2,1-4H3. The number of halogens is 1. The molecule has 2 heteroatoms. The maximum Gasteiger partial charge on any atom is 0.128 e. The number of hydrogen-bond acceptors (Lipinski definition) is 1. The van der Waals surface area contributed by atoms with Crippen molar-refractivity contribution in [3.8, 4) is 0 Å². The van der Waals surface area contributed by atoms with Gasteiger partial charge in [0.1, 0.15) is 5.82 Å². The van der Waals surface area contributed by atoms with Crippen molar-refractivity contribution in [2.75, 3.05) is 0 Å². The molecular weight excluding hydrogens is 237 g/mol. The highest BCUT2D eigenvalue weighted by molar-refractivity contribution is 5.43. The van der Waals surface area contributed by atoms with E-state index >= 15 is 0 Å². The summed E-state index contributed by atoms with van der Waals surface area (Å²) in [4.78, 5) is 0. The average molecular weight is 257 g/mol. The lowest BCUT2D eigenvalue weighted by Gasteiger charge is -2.19. The van der Waals surface area contributed by atoms with Crippen LogP contribution in [0.2, 0.25) is 0 Å². The molecule has 100 valence electrons. The van der Waals surface area contributed by atoms with Crippen LogP contribution in [0.4, 0.5) is 4.39 Å². The van der Waals surface area contributed by atoms with Crippen molar-refractivity contribution in [1.82, 2.24) is 0 Å². The molecule has 1 nitrogen and oxygen atoms in total. The van der Waals surface area contributed by atoms with Gasteiger partial charge >= 0.3 is 0 Å². The van der Waals surface area contributed by atoms with Gasteiger partial charge in [-0.15, -0.1) is 0 Å². The average Bonchev–Trinajstić information content (AvgIpc) is 2.30. The fraction of sp³-hybridized carbons (Fsp3) is 0.294. The number of aryl methyl sites for hydroxylation is 4. The van der Waals surface area contributed by atoms with E-state index in [9.17, 15) is 4.39 Å². The highest BCUT2D eigenvalue weighted by Crippen LogP contribution is 2.28. The number of hydrogen-bond donors (Lipinski definition) is 1. The van der Waals surface area contributed by atoms with Crippen molar-refractivity contribution < 1.29 is 4.39 Å². The fourth-order valence-corrected chi connectivity index (χ4v) is 2.57. The molecule has 2 aromatic carbocycles. The van der Waals surface area contributed by atoms with Gasteiger partial charge in [-0.05, 0) is 56.0 Å². The Hall–Kier alpha value is -1.67. The Bertz CT molecular complexity index is 594. The Balaban J connectivity index is 2.56. The summed E-state index contributed by atoms with van der Waals surface area (Å²) in [7, 11) is 0. The van der Waals surface area contributed by atoms with Crippen molar-refractivity contribution in [2.24, 2.45) is 5.73 Å². The number of rotatable bonds is 2. The van der Waals surface area contributed by atoms with Crippen LogP contribution in [0.15, 0.2) is 30.3 Å². The minimum Gasteiger partial charge on any atom is -0.320 e. The molecule has 0 fully saturated rings. The van der Waals surface area contributed by atoms with E-state index in [0.29, 0.717) is 5.56 Å². The van der Waals surface area contributed by atoms with Crippen LogP contribution in [0, 0.1) is 33.5 Å². The SMILES string of the molecule is Cc1cc(C)c(C(N)c2cc(C)ccc2C)c(F)c1. The zero-order chi connectivity index (χ0) is 14.2. The molecule has 2 N–H and O–H groups in total. The van der Waals surface area contributed by atoms with Gasteiger partial charge in [-0.2, -0.15) is 0 Å². The van der Waals surface area contributed by atoms with Crippen LogP contribution in [0.5, 0.6) is 0 Å². The Morgan fingerprint density at radius 2 is 1.58 bits per heavy atom. The first-order valence-electron chi connectivity index (χ1n) is 6.49. The van der Waals surface area contributed by atoms with E-state index in [4.69, 9.17) is 5.73 Å². The molecule has 2 aromatic rings. The first kappa shape index (κ1) is 13.8. The van der Waals surface area contributed by atoms with Gasteiger partial charge in [0, 0.05) is 5.56 Å². The highest BCUT2D eigenvalue weighted by atomic mass is 19.1. The quantitative estimate of drug-likeness (QED) is 0.861. The summed E-state index contributed by atoms with van der Waals surface area (Å²) in [6, 6.07) is 9.23. The lowest BCUT2D eigenvalue weighted by Crippen LogP contribution is -2.17. The molecule has 0 aromatic heterocycles. The molecule has 0 amide bonds. The molecule has 2 rings (SSSR count). The van der Waals surface area contributed by atoms with Crippen molar-refractivity contribution >= 4 is 0 Å². The Labute approximate surface area is 114 Å². The molecule has 0 aliphatic carbocycles. The zero-order valence-corrected chi connectivity index (χ0v) is 11.9. The van der Waals surface area contributed by atoms with Gasteiger partial charge in [0.2, 0.25) is 0 Å². The van der Waals surface area contributed by atoms with Gasteiger partial charge in [-0.25, -0.2) is 4.39 Å². The van der Waals surface area contributed by atoms with E-state index < -0.39 is 6.04 Å². The molecule has 0 bridgehead atoms. The highest BCUT2D eigenvalue weighted by Gasteiger charge is 2.18. The Morgan fingerprint density at radius 3 is 2.21 bits per heavy atom.